The number of hydrogen-bond donors (Lipinski definition) is 2. The van der Waals surface area contributed by atoms with E-state index in [0.717, 1.165) is 6.42 Å². The van der Waals surface area contributed by atoms with Crippen LogP contribution in [0.3, 0.4) is 0 Å². The average molecular weight is 237 g/mol. The third-order valence-corrected chi connectivity index (χ3v) is 3.02. The van der Waals surface area contributed by atoms with Crippen molar-refractivity contribution in [2.24, 2.45) is 15.7 Å². The van der Waals surface area contributed by atoms with Gasteiger partial charge in [0.15, 0.2) is 18.2 Å². The van der Waals surface area contributed by atoms with Crippen LogP contribution >= 0.6 is 0 Å². The molecule has 0 aromatic heterocycles. The van der Waals surface area contributed by atoms with Gasteiger partial charge < -0.3 is 10.6 Å². The monoisotopic (exact) mass is 237 g/mol. The Kier molecular flexibility index (Phi) is 2.83. The van der Waals surface area contributed by atoms with Crippen LogP contribution in [0.15, 0.2) is 9.98 Å². The molecule has 0 saturated heterocycles. The molecule has 7 heteroatoms. The molecule has 0 bridgehead atoms. The van der Waals surface area contributed by atoms with Crippen LogP contribution in [0.1, 0.15) is 20.3 Å². The maximum absolute atomic E-state index is 11.8. The Morgan fingerprint density at radius 3 is 2.94 bits per heavy atom. The normalized spacial score (nSPS) is 29.5. The van der Waals surface area contributed by atoms with Gasteiger partial charge in [-0.1, -0.05) is 6.92 Å². The Balaban J connectivity index is 2.39. The highest BCUT2D eigenvalue weighted by molar-refractivity contribution is 6.27. The summed E-state index contributed by atoms with van der Waals surface area (Å²) in [7, 11) is 0. The molecule has 0 fully saturated rings. The zero-order valence-corrected chi connectivity index (χ0v) is 9.75. The van der Waals surface area contributed by atoms with Crippen molar-refractivity contribution < 1.29 is 9.59 Å². The lowest BCUT2D eigenvalue weighted by Gasteiger charge is -2.39. The molecule has 0 radical (unpaired) electrons. The number of hydrogen-bond acceptors (Lipinski definition) is 5. The fourth-order valence-electron chi connectivity index (χ4n) is 1.96. The highest BCUT2D eigenvalue weighted by Gasteiger charge is 2.42. The van der Waals surface area contributed by atoms with E-state index in [4.69, 9.17) is 5.73 Å². The standard InChI is InChI=1S/C10H15N5O2/c1-3-5(2)15-6(16)4-12-7-8(15)13-10(11)14-9(7)17/h4-5,7-8H,3H2,1-2H3,(H3,11,13,14,17). The lowest BCUT2D eigenvalue weighted by Crippen LogP contribution is -2.62. The lowest BCUT2D eigenvalue weighted by molar-refractivity contribution is -0.132. The van der Waals surface area contributed by atoms with Crippen molar-refractivity contribution >= 4 is 24.0 Å². The summed E-state index contributed by atoms with van der Waals surface area (Å²) in [6.45, 7) is 3.88. The number of carbonyl (C=O) groups excluding carboxylic acids is 2. The first-order chi connectivity index (χ1) is 8.04. The molecule has 0 spiro atoms. The fourth-order valence-corrected chi connectivity index (χ4v) is 1.96. The molecule has 2 aliphatic rings. The molecule has 2 aliphatic heterocycles. The minimum atomic E-state index is -0.686. The Hall–Kier alpha value is -1.92. The van der Waals surface area contributed by atoms with E-state index < -0.39 is 12.2 Å². The topological polar surface area (TPSA) is 100 Å². The van der Waals surface area contributed by atoms with Gasteiger partial charge in [0.2, 0.25) is 0 Å². The lowest BCUT2D eigenvalue weighted by atomic mass is 10.1. The molecule has 17 heavy (non-hydrogen) atoms. The van der Waals surface area contributed by atoms with E-state index in [0.29, 0.717) is 0 Å². The molecule has 0 aliphatic carbocycles. The van der Waals surface area contributed by atoms with Crippen molar-refractivity contribution in [3.63, 3.8) is 0 Å². The Bertz CT molecular complexity index is 417. The number of amides is 2. The van der Waals surface area contributed by atoms with Crippen molar-refractivity contribution in [2.75, 3.05) is 0 Å². The van der Waals surface area contributed by atoms with E-state index in [1.165, 1.54) is 6.21 Å². The van der Waals surface area contributed by atoms with Gasteiger partial charge in [0.05, 0.1) is 6.21 Å². The van der Waals surface area contributed by atoms with Crippen molar-refractivity contribution in [2.45, 2.75) is 38.5 Å². The molecule has 3 N–H and O–H groups in total. The van der Waals surface area contributed by atoms with Gasteiger partial charge in [0.1, 0.15) is 0 Å². The molecule has 0 aromatic carbocycles. The smallest absolute Gasteiger partial charge is 0.266 e. The minimum Gasteiger partial charge on any atom is -0.370 e. The predicted octanol–water partition coefficient (Wildman–Crippen LogP) is -1.16. The predicted molar refractivity (Wildman–Crippen MR) is 62.4 cm³/mol. The Morgan fingerprint density at radius 1 is 1.59 bits per heavy atom. The van der Waals surface area contributed by atoms with Crippen molar-refractivity contribution in [1.29, 1.82) is 0 Å². The van der Waals surface area contributed by atoms with Crippen LogP contribution < -0.4 is 11.1 Å². The highest BCUT2D eigenvalue weighted by atomic mass is 16.2. The van der Waals surface area contributed by atoms with Crippen LogP contribution in [-0.2, 0) is 9.59 Å². The van der Waals surface area contributed by atoms with E-state index in [2.05, 4.69) is 15.3 Å². The summed E-state index contributed by atoms with van der Waals surface area (Å²) in [6, 6.07) is -0.696. The van der Waals surface area contributed by atoms with Gasteiger partial charge in [-0.25, -0.2) is 4.99 Å². The second-order valence-corrected chi connectivity index (χ2v) is 4.14. The van der Waals surface area contributed by atoms with E-state index >= 15 is 0 Å². The van der Waals surface area contributed by atoms with Crippen molar-refractivity contribution in [1.82, 2.24) is 10.2 Å². The summed E-state index contributed by atoms with van der Waals surface area (Å²) in [6.07, 6.45) is 1.35. The Morgan fingerprint density at radius 2 is 2.29 bits per heavy atom. The van der Waals surface area contributed by atoms with Gasteiger partial charge in [-0.15, -0.1) is 0 Å². The molecule has 7 nitrogen and oxygen atoms in total. The largest absolute Gasteiger partial charge is 0.370 e. The van der Waals surface area contributed by atoms with Crippen LogP contribution in [0.2, 0.25) is 0 Å². The van der Waals surface area contributed by atoms with Crippen LogP contribution in [0.5, 0.6) is 0 Å². The summed E-state index contributed by atoms with van der Waals surface area (Å²) in [4.78, 5) is 33.1. The average Bonchev–Trinajstić information content (AvgIpc) is 2.27. The molecule has 2 heterocycles. The molecule has 3 atom stereocenters. The first-order valence-corrected chi connectivity index (χ1v) is 5.54. The maximum Gasteiger partial charge on any atom is 0.266 e. The summed E-state index contributed by atoms with van der Waals surface area (Å²) in [5.41, 5.74) is 5.51. The van der Waals surface area contributed by atoms with Gasteiger partial charge in [0, 0.05) is 6.04 Å². The quantitative estimate of drug-likeness (QED) is 0.633. The van der Waals surface area contributed by atoms with Crippen LogP contribution in [0.25, 0.3) is 0 Å². The summed E-state index contributed by atoms with van der Waals surface area (Å²) in [5.74, 6) is -0.513. The zero-order chi connectivity index (χ0) is 12.6. The molecule has 92 valence electrons. The SMILES string of the molecule is CCC(C)N1C(=O)C=NC2C(=O)NC(N)=NC21. The number of rotatable bonds is 2. The number of aliphatic imine (C=N–C) groups is 2. The second-order valence-electron chi connectivity index (χ2n) is 4.14. The van der Waals surface area contributed by atoms with Crippen LogP contribution in [-0.4, -0.2) is 47.1 Å². The van der Waals surface area contributed by atoms with Crippen molar-refractivity contribution in [3.8, 4) is 0 Å². The number of nitrogens with one attached hydrogen (secondary N) is 1. The third-order valence-electron chi connectivity index (χ3n) is 3.02. The number of carbonyl (C=O) groups is 2. The minimum absolute atomic E-state index is 0.0100. The summed E-state index contributed by atoms with van der Waals surface area (Å²) >= 11 is 0. The molecule has 3 unspecified atom stereocenters. The van der Waals surface area contributed by atoms with E-state index in [9.17, 15) is 9.59 Å². The molecular formula is C10H15N5O2. The van der Waals surface area contributed by atoms with E-state index in [-0.39, 0.29) is 23.8 Å². The molecule has 2 amide bonds. The van der Waals surface area contributed by atoms with Crippen LogP contribution in [0.4, 0.5) is 0 Å². The van der Waals surface area contributed by atoms with E-state index in [1.807, 2.05) is 13.8 Å². The van der Waals surface area contributed by atoms with Gasteiger partial charge in [-0.2, -0.15) is 0 Å². The van der Waals surface area contributed by atoms with E-state index in [1.54, 1.807) is 4.90 Å². The van der Waals surface area contributed by atoms with Gasteiger partial charge in [0.25, 0.3) is 11.8 Å². The molecule has 2 rings (SSSR count). The highest BCUT2D eigenvalue weighted by Crippen LogP contribution is 2.20. The van der Waals surface area contributed by atoms with Gasteiger partial charge in [-0.05, 0) is 13.3 Å². The number of nitrogens with zero attached hydrogens (tertiary/aromatic N) is 3. The molecule has 0 saturated carbocycles. The first kappa shape index (κ1) is 11.6. The van der Waals surface area contributed by atoms with Crippen LogP contribution in [0, 0.1) is 0 Å². The maximum atomic E-state index is 11.8. The van der Waals surface area contributed by atoms with Gasteiger partial charge in [-0.3, -0.25) is 19.9 Å². The fraction of sp³-hybridized carbons (Fsp3) is 0.600. The van der Waals surface area contributed by atoms with Crippen molar-refractivity contribution in [3.05, 3.63) is 0 Å². The molecule has 0 aromatic rings. The second kappa shape index (κ2) is 4.15. The number of fused-ring (bicyclic) bond motifs is 1. The summed E-state index contributed by atoms with van der Waals surface area (Å²) in [5, 5.41) is 2.41. The zero-order valence-electron chi connectivity index (χ0n) is 9.75. The third kappa shape index (κ3) is 1.88. The first-order valence-electron chi connectivity index (χ1n) is 5.54. The molecular weight excluding hydrogens is 222 g/mol. The van der Waals surface area contributed by atoms with Gasteiger partial charge >= 0.3 is 0 Å². The number of nitrogens with two attached hydrogens (primary N) is 1. The number of guanidine groups is 1. The summed E-state index contributed by atoms with van der Waals surface area (Å²) < 4.78 is 0. The Labute approximate surface area is 98.8 Å².